The van der Waals surface area contributed by atoms with Crippen LogP contribution in [0.3, 0.4) is 0 Å². The molecule has 1 aromatic rings. The number of amides is 2. The van der Waals surface area contributed by atoms with Gasteiger partial charge in [-0.15, -0.1) is 0 Å². The van der Waals surface area contributed by atoms with Crippen molar-refractivity contribution >= 4 is 23.5 Å². The summed E-state index contributed by atoms with van der Waals surface area (Å²) in [5.41, 5.74) is 5.61. The van der Waals surface area contributed by atoms with Crippen molar-refractivity contribution in [2.75, 3.05) is 11.9 Å². The van der Waals surface area contributed by atoms with Crippen LogP contribution in [0.25, 0.3) is 0 Å². The van der Waals surface area contributed by atoms with E-state index in [1.165, 1.54) is 6.07 Å². The van der Waals surface area contributed by atoms with Gasteiger partial charge in [0.25, 0.3) is 11.8 Å². The number of nitrogens with two attached hydrogens (primary N) is 1. The average Bonchev–Trinajstić information content (AvgIpc) is 2.52. The molecule has 5 N–H and O–H groups in total. The van der Waals surface area contributed by atoms with Crippen LogP contribution in [0.2, 0.25) is 0 Å². The van der Waals surface area contributed by atoms with Crippen LogP contribution in [0.5, 0.6) is 0 Å². The lowest BCUT2D eigenvalue weighted by atomic mass is 10.1. The van der Waals surface area contributed by atoms with E-state index in [0.29, 0.717) is 5.69 Å². The lowest BCUT2D eigenvalue weighted by Gasteiger charge is -2.07. The Kier molecular flexibility index (Phi) is 6.81. The second-order valence-electron chi connectivity index (χ2n) is 4.48. The predicted molar refractivity (Wildman–Crippen MR) is 82.2 cm³/mol. The number of carbonyl (C=O) groups excluding carboxylic acids is 2. The van der Waals surface area contributed by atoms with Crippen molar-refractivity contribution in [3.8, 4) is 6.07 Å². The highest BCUT2D eigenvalue weighted by molar-refractivity contribution is 6.00. The van der Waals surface area contributed by atoms with Gasteiger partial charge >= 0.3 is 5.97 Å². The maximum absolute atomic E-state index is 11.8. The molecule has 1 aromatic carbocycles. The van der Waals surface area contributed by atoms with Gasteiger partial charge < -0.3 is 21.5 Å². The third kappa shape index (κ3) is 5.89. The molecular formula is C15H16N4O4. The monoisotopic (exact) mass is 316 g/mol. The topological polar surface area (TPSA) is 145 Å². The third-order valence-corrected chi connectivity index (χ3v) is 2.78. The van der Waals surface area contributed by atoms with Crippen LogP contribution in [0.15, 0.2) is 36.0 Å². The number of nitrogens with zero attached hydrogens (tertiary/aromatic N) is 1. The minimum atomic E-state index is -0.958. The summed E-state index contributed by atoms with van der Waals surface area (Å²) >= 11 is 0. The van der Waals surface area contributed by atoms with E-state index in [2.05, 4.69) is 10.6 Å². The first-order valence-electron chi connectivity index (χ1n) is 6.71. The molecule has 23 heavy (non-hydrogen) atoms. The molecule has 0 aliphatic carbocycles. The van der Waals surface area contributed by atoms with Crippen molar-refractivity contribution < 1.29 is 19.5 Å². The second kappa shape index (κ2) is 8.84. The van der Waals surface area contributed by atoms with E-state index in [0.717, 1.165) is 6.20 Å². The quantitative estimate of drug-likeness (QED) is 0.313. The molecule has 0 saturated carbocycles. The Labute approximate surface area is 132 Å². The normalized spacial score (nSPS) is 10.5. The van der Waals surface area contributed by atoms with E-state index in [1.807, 2.05) is 0 Å². The van der Waals surface area contributed by atoms with E-state index in [1.54, 1.807) is 24.3 Å². The van der Waals surface area contributed by atoms with Gasteiger partial charge in [0.15, 0.2) is 0 Å². The molecule has 0 aliphatic heterocycles. The Morgan fingerprint density at radius 1 is 1.30 bits per heavy atom. The summed E-state index contributed by atoms with van der Waals surface area (Å²) in [5.74, 6) is -2.24. The van der Waals surface area contributed by atoms with Gasteiger partial charge in [-0.05, 0) is 18.6 Å². The fraction of sp³-hybridized carbons (Fsp3) is 0.200. The number of hydrogen-bond donors (Lipinski definition) is 4. The number of carbonyl (C=O) groups is 3. The minimum Gasteiger partial charge on any atom is -0.481 e. The van der Waals surface area contributed by atoms with Crippen LogP contribution in [-0.2, 0) is 9.59 Å². The number of anilines is 1. The maximum Gasteiger partial charge on any atom is 0.303 e. The molecular weight excluding hydrogens is 300 g/mol. The van der Waals surface area contributed by atoms with Gasteiger partial charge in [-0.1, -0.05) is 12.1 Å². The van der Waals surface area contributed by atoms with Crippen molar-refractivity contribution in [2.24, 2.45) is 5.73 Å². The largest absolute Gasteiger partial charge is 0.481 e. The van der Waals surface area contributed by atoms with Crippen molar-refractivity contribution in [2.45, 2.75) is 12.8 Å². The fourth-order valence-corrected chi connectivity index (χ4v) is 1.66. The highest BCUT2D eigenvalue weighted by Crippen LogP contribution is 2.14. The first-order chi connectivity index (χ1) is 11.0. The summed E-state index contributed by atoms with van der Waals surface area (Å²) in [6.45, 7) is 0.141. The first-order valence-corrected chi connectivity index (χ1v) is 6.71. The van der Waals surface area contributed by atoms with Crippen molar-refractivity contribution in [1.29, 1.82) is 5.26 Å². The van der Waals surface area contributed by atoms with Gasteiger partial charge in [0.2, 0.25) is 0 Å². The highest BCUT2D eigenvalue weighted by Gasteiger charge is 2.10. The Bertz CT molecular complexity index is 676. The molecule has 0 aliphatic rings. The zero-order chi connectivity index (χ0) is 17.2. The standard InChI is InChI=1S/C15H16N4O4/c16-8-10(15(23)18-7-3-6-13(20)21)9-19-12-5-2-1-4-11(12)14(17)22/h1-2,4-5,9,19H,3,6-7H2,(H2,17,22)(H,18,23)(H,20,21)/b10-9-. The number of nitrogens with one attached hydrogen (secondary N) is 2. The molecule has 1 rings (SSSR count). The SMILES string of the molecule is N#C/C(=C/Nc1ccccc1C(N)=O)C(=O)NCCCC(=O)O. The lowest BCUT2D eigenvalue weighted by Crippen LogP contribution is -2.26. The molecule has 8 heteroatoms. The molecule has 0 bridgehead atoms. The Morgan fingerprint density at radius 2 is 2.00 bits per heavy atom. The van der Waals surface area contributed by atoms with Gasteiger partial charge in [0.1, 0.15) is 11.6 Å². The number of benzene rings is 1. The molecule has 0 aromatic heterocycles. The molecule has 0 spiro atoms. The van der Waals surface area contributed by atoms with Crippen molar-refractivity contribution in [3.63, 3.8) is 0 Å². The zero-order valence-electron chi connectivity index (χ0n) is 12.2. The molecule has 0 saturated heterocycles. The van der Waals surface area contributed by atoms with E-state index in [9.17, 15) is 14.4 Å². The van der Waals surface area contributed by atoms with E-state index >= 15 is 0 Å². The number of aliphatic carboxylic acids is 1. The van der Waals surface area contributed by atoms with Crippen LogP contribution < -0.4 is 16.4 Å². The Balaban J connectivity index is 2.69. The molecule has 120 valence electrons. The van der Waals surface area contributed by atoms with Crippen LogP contribution in [0, 0.1) is 11.3 Å². The Morgan fingerprint density at radius 3 is 2.61 bits per heavy atom. The van der Waals surface area contributed by atoms with Gasteiger partial charge in [0.05, 0.1) is 11.3 Å². The van der Waals surface area contributed by atoms with Gasteiger partial charge in [-0.3, -0.25) is 14.4 Å². The predicted octanol–water partition coefficient (Wildman–Crippen LogP) is 0.586. The average molecular weight is 316 g/mol. The van der Waals surface area contributed by atoms with Gasteiger partial charge in [-0.25, -0.2) is 0 Å². The zero-order valence-corrected chi connectivity index (χ0v) is 12.2. The molecule has 0 radical (unpaired) electrons. The first kappa shape index (κ1) is 17.7. The summed E-state index contributed by atoms with van der Waals surface area (Å²) in [5, 5.41) is 22.6. The number of rotatable bonds is 8. The summed E-state index contributed by atoms with van der Waals surface area (Å²) in [6.07, 6.45) is 1.35. The van der Waals surface area contributed by atoms with Crippen LogP contribution in [0.4, 0.5) is 5.69 Å². The smallest absolute Gasteiger partial charge is 0.303 e. The number of primary amides is 1. The number of carboxylic acid groups (broad SMARTS) is 1. The molecule has 0 unspecified atom stereocenters. The minimum absolute atomic E-state index is 0.0733. The summed E-state index contributed by atoms with van der Waals surface area (Å²) < 4.78 is 0. The third-order valence-electron chi connectivity index (χ3n) is 2.78. The second-order valence-corrected chi connectivity index (χ2v) is 4.48. The van der Waals surface area contributed by atoms with Gasteiger partial charge in [-0.2, -0.15) is 5.26 Å². The molecule has 8 nitrogen and oxygen atoms in total. The number of carboxylic acids is 1. The molecule has 0 fully saturated rings. The van der Waals surface area contributed by atoms with Crippen molar-refractivity contribution in [1.82, 2.24) is 5.32 Å². The molecule has 2 amide bonds. The lowest BCUT2D eigenvalue weighted by molar-refractivity contribution is -0.137. The maximum atomic E-state index is 11.8. The van der Waals surface area contributed by atoms with E-state index in [4.69, 9.17) is 16.1 Å². The Hall–Kier alpha value is -3.34. The van der Waals surface area contributed by atoms with Crippen LogP contribution in [0.1, 0.15) is 23.2 Å². The number of nitriles is 1. The highest BCUT2D eigenvalue weighted by atomic mass is 16.4. The summed E-state index contributed by atoms with van der Waals surface area (Å²) in [7, 11) is 0. The molecule has 0 atom stereocenters. The van der Waals surface area contributed by atoms with Crippen molar-refractivity contribution in [3.05, 3.63) is 41.6 Å². The van der Waals surface area contributed by atoms with E-state index < -0.39 is 17.8 Å². The summed E-state index contributed by atoms with van der Waals surface area (Å²) in [6, 6.07) is 8.12. The summed E-state index contributed by atoms with van der Waals surface area (Å²) in [4.78, 5) is 33.4. The van der Waals surface area contributed by atoms with Crippen LogP contribution in [-0.4, -0.2) is 29.4 Å². The van der Waals surface area contributed by atoms with E-state index in [-0.39, 0.29) is 30.5 Å². The number of hydrogen-bond acceptors (Lipinski definition) is 5. The number of para-hydroxylation sites is 1. The van der Waals surface area contributed by atoms with Crippen LogP contribution >= 0.6 is 0 Å². The molecule has 0 heterocycles. The van der Waals surface area contributed by atoms with Gasteiger partial charge in [0, 0.05) is 19.2 Å². The fourth-order valence-electron chi connectivity index (χ4n) is 1.66.